The zero-order chi connectivity index (χ0) is 44.7. The molecule has 10 atom stereocenters. The summed E-state index contributed by atoms with van der Waals surface area (Å²) in [5, 5.41) is 4.28. The van der Waals surface area contributed by atoms with Gasteiger partial charge in [0.15, 0.2) is 5.69 Å². The summed E-state index contributed by atoms with van der Waals surface area (Å²) in [6, 6.07) is 1.63. The van der Waals surface area contributed by atoms with Gasteiger partial charge in [-0.25, -0.2) is 32.0 Å². The van der Waals surface area contributed by atoms with E-state index in [1.165, 1.54) is 19.2 Å². The zero-order valence-electron chi connectivity index (χ0n) is 35.3. The van der Waals surface area contributed by atoms with Crippen LogP contribution in [0.5, 0.6) is 11.6 Å². The molecule has 3 heterocycles. The van der Waals surface area contributed by atoms with Gasteiger partial charge in [-0.1, -0.05) is 34.1 Å². The first-order valence-corrected chi connectivity index (χ1v) is 23.1. The molecule has 3 N–H and O–H groups in total. The third kappa shape index (κ3) is 8.35. The van der Waals surface area contributed by atoms with Gasteiger partial charge in [0.05, 0.1) is 35.9 Å². The molecule has 5 fully saturated rings. The van der Waals surface area contributed by atoms with Crippen molar-refractivity contribution in [1.29, 1.82) is 0 Å². The molecule has 0 radical (unpaired) electrons. The number of carbonyl (C=O) groups excluding carboxylic acids is 4. The Bertz CT molecular complexity index is 2240. The van der Waals surface area contributed by atoms with Crippen molar-refractivity contribution in [2.24, 2.45) is 35.0 Å². The maximum Gasteiger partial charge on any atom is 0.408 e. The average Bonchev–Trinajstić information content (AvgIpc) is 4.13. The summed E-state index contributed by atoms with van der Waals surface area (Å²) < 4.78 is 107. The molecule has 20 heteroatoms. The summed E-state index contributed by atoms with van der Waals surface area (Å²) in [5.41, 5.74) is -3.79. The Morgan fingerprint density at radius 3 is 2.42 bits per heavy atom. The fourth-order valence-electron chi connectivity index (χ4n) is 9.99. The third-order valence-electron chi connectivity index (χ3n) is 13.8. The van der Waals surface area contributed by atoms with E-state index in [0.717, 1.165) is 11.3 Å². The lowest BCUT2D eigenvalue weighted by atomic mass is 9.85. The van der Waals surface area contributed by atoms with Gasteiger partial charge < -0.3 is 29.7 Å². The van der Waals surface area contributed by atoms with Gasteiger partial charge >= 0.3 is 6.09 Å². The summed E-state index contributed by atoms with van der Waals surface area (Å²) in [5.74, 6) is -9.13. The average molecular weight is 895 g/mol. The second kappa shape index (κ2) is 15.9. The van der Waals surface area contributed by atoms with E-state index in [0.29, 0.717) is 36.8 Å². The predicted octanol–water partition coefficient (Wildman–Crippen LogP) is 5.20. The van der Waals surface area contributed by atoms with Gasteiger partial charge in [0.2, 0.25) is 34.1 Å². The van der Waals surface area contributed by atoms with Gasteiger partial charge in [0.1, 0.15) is 35.6 Å². The Balaban J connectivity index is 1.20. The fraction of sp³-hybridized carbons (Fsp3) is 0.714. The van der Waals surface area contributed by atoms with Gasteiger partial charge in [0, 0.05) is 18.4 Å². The molecule has 8 rings (SSSR count). The van der Waals surface area contributed by atoms with E-state index in [2.05, 4.69) is 20.6 Å². The van der Waals surface area contributed by atoms with Gasteiger partial charge in [-0.15, -0.1) is 0 Å². The lowest BCUT2D eigenvalue weighted by Crippen LogP contribution is -2.61. The second-order valence-corrected chi connectivity index (χ2v) is 21.0. The number of methoxy groups -OCH3 is 1. The predicted molar refractivity (Wildman–Crippen MR) is 214 cm³/mol. The van der Waals surface area contributed by atoms with Crippen LogP contribution in [0.15, 0.2) is 18.2 Å². The number of aromatic nitrogens is 2. The van der Waals surface area contributed by atoms with E-state index < -0.39 is 129 Å². The number of amides is 4. The van der Waals surface area contributed by atoms with E-state index >= 15 is 8.78 Å². The minimum atomic E-state index is -4.22. The lowest BCUT2D eigenvalue weighted by molar-refractivity contribution is -0.144. The van der Waals surface area contributed by atoms with E-state index in [4.69, 9.17) is 14.2 Å². The van der Waals surface area contributed by atoms with Crippen molar-refractivity contribution in [2.45, 2.75) is 139 Å². The largest absolute Gasteiger partial charge is 0.497 e. The van der Waals surface area contributed by atoms with E-state index in [-0.39, 0.29) is 42.6 Å². The van der Waals surface area contributed by atoms with Crippen molar-refractivity contribution in [3.63, 3.8) is 0 Å². The number of alkyl halides is 4. The van der Waals surface area contributed by atoms with Crippen LogP contribution in [-0.4, -0.2) is 102 Å². The van der Waals surface area contributed by atoms with Gasteiger partial charge in [0.25, 0.3) is 11.8 Å². The first-order valence-electron chi connectivity index (χ1n) is 21.5. The molecule has 62 heavy (non-hydrogen) atoms. The number of fused-ring (bicyclic) bond motifs is 7. The van der Waals surface area contributed by atoms with Crippen molar-refractivity contribution in [2.75, 3.05) is 13.7 Å². The van der Waals surface area contributed by atoms with E-state index in [9.17, 15) is 36.4 Å². The maximum absolute atomic E-state index is 16.6. The number of hydrogen-bond donors (Lipinski definition) is 3. The minimum absolute atomic E-state index is 0.0572. The molecule has 0 unspecified atom stereocenters. The molecule has 0 spiro atoms. The van der Waals surface area contributed by atoms with Crippen LogP contribution in [-0.2, 0) is 35.1 Å². The minimum Gasteiger partial charge on any atom is -0.497 e. The van der Waals surface area contributed by atoms with Crippen LogP contribution in [0.25, 0.3) is 11.0 Å². The SMILES string of the molecule is CC[C@@H]1[C@@H]2CN(C(=O)[C@H](C(C)(C)C)NC(=O)O[C@@H]3C[C@@H]4C[C@@H]4[C@H]3CCCCC(F)(F)c3nc4ccc(OC)cc4nc3O2)[C@@H]1C(=O)N[C@]1(C(=O)NS(=O)(=O)C2CC2)C[C@H]1C(F)F. The first-order chi connectivity index (χ1) is 29.2. The van der Waals surface area contributed by atoms with Crippen LogP contribution in [0.2, 0.25) is 0 Å². The molecule has 15 nitrogen and oxygen atoms in total. The van der Waals surface area contributed by atoms with Crippen LogP contribution < -0.4 is 24.8 Å². The van der Waals surface area contributed by atoms with Crippen LogP contribution in [0, 0.1) is 35.0 Å². The first kappa shape index (κ1) is 44.1. The molecule has 2 bridgehead atoms. The smallest absolute Gasteiger partial charge is 0.408 e. The zero-order valence-corrected chi connectivity index (χ0v) is 36.1. The van der Waals surface area contributed by atoms with Crippen LogP contribution >= 0.6 is 0 Å². The van der Waals surface area contributed by atoms with Gasteiger partial charge in [-0.3, -0.25) is 19.1 Å². The molecule has 1 aromatic carbocycles. The third-order valence-corrected chi connectivity index (χ3v) is 15.6. The number of alkyl carbamates (subject to hydrolysis) is 1. The summed E-state index contributed by atoms with van der Waals surface area (Å²) in [4.78, 5) is 67.0. The highest BCUT2D eigenvalue weighted by molar-refractivity contribution is 7.91. The molecular weight excluding hydrogens is 841 g/mol. The molecule has 4 aliphatic carbocycles. The lowest BCUT2D eigenvalue weighted by Gasteiger charge is -2.36. The molecule has 4 amide bonds. The number of rotatable bonds is 8. The van der Waals surface area contributed by atoms with Crippen molar-refractivity contribution in [3.8, 4) is 11.6 Å². The highest BCUT2D eigenvalue weighted by Gasteiger charge is 2.67. The Morgan fingerprint density at radius 1 is 1.03 bits per heavy atom. The monoisotopic (exact) mass is 894 g/mol. The number of hydrogen-bond acceptors (Lipinski definition) is 11. The topological polar surface area (TPSA) is 195 Å². The highest BCUT2D eigenvalue weighted by atomic mass is 32.2. The molecular formula is C42H54F4N6O9S. The van der Waals surface area contributed by atoms with Crippen LogP contribution in [0.3, 0.4) is 0 Å². The molecule has 4 saturated carbocycles. The molecule has 6 aliphatic rings. The Hall–Kier alpha value is -4.49. The van der Waals surface area contributed by atoms with Crippen molar-refractivity contribution in [3.05, 3.63) is 23.9 Å². The Labute approximate surface area is 357 Å². The number of halogens is 4. The molecule has 2 aromatic rings. The van der Waals surface area contributed by atoms with Gasteiger partial charge in [-0.2, -0.15) is 8.78 Å². The Morgan fingerprint density at radius 2 is 1.77 bits per heavy atom. The molecule has 1 aromatic heterocycles. The summed E-state index contributed by atoms with van der Waals surface area (Å²) >= 11 is 0. The maximum atomic E-state index is 16.6. The summed E-state index contributed by atoms with van der Waals surface area (Å²) in [6.45, 7) is 6.30. The number of benzene rings is 1. The number of nitrogens with zero attached hydrogens (tertiary/aromatic N) is 3. The van der Waals surface area contributed by atoms with Crippen LogP contribution in [0.1, 0.15) is 97.6 Å². The van der Waals surface area contributed by atoms with Crippen LogP contribution in [0.4, 0.5) is 22.4 Å². The quantitative estimate of drug-likeness (QED) is 0.295. The van der Waals surface area contributed by atoms with Crippen molar-refractivity contribution >= 4 is 44.9 Å². The summed E-state index contributed by atoms with van der Waals surface area (Å²) in [6.07, 6.45) is -3.67. The number of carbonyl (C=O) groups is 4. The standard InChI is InChI=1S/C42H54F4N6O9S/c1-6-23-30-19-52(31(23)35(53)50-41(18-26(41)34(43)44)38(55)51-62(57,58)22-11-12-22)37(54)33(40(2,3)4)49-39(56)61-29-16-20-15-25(20)24(29)9-7-8-14-42(45,46)32-36(60-30)48-28-17-21(59-5)10-13-27(28)47-32/h10,13,17,20,22-26,29-31,33-34H,6-9,11-12,14-16,18-19H2,1-5H3,(H,49,56)(H,50,53)(H,51,55)/t20-,23+,24+,25-,26-,29+,30-,31-,33+,41+/m0/s1. The number of nitrogens with one attached hydrogen (secondary N) is 3. The van der Waals surface area contributed by atoms with Crippen molar-refractivity contribution < 1.29 is 59.4 Å². The van der Waals surface area contributed by atoms with Gasteiger partial charge in [-0.05, 0) is 86.7 Å². The van der Waals surface area contributed by atoms with E-state index in [1.54, 1.807) is 33.8 Å². The Kier molecular flexibility index (Phi) is 11.3. The number of ether oxygens (including phenoxy) is 3. The fourth-order valence-corrected chi connectivity index (χ4v) is 11.4. The second-order valence-electron chi connectivity index (χ2n) is 19.1. The normalized spacial score (nSPS) is 33.5. The van der Waals surface area contributed by atoms with Crippen molar-refractivity contribution in [1.82, 2.24) is 30.2 Å². The summed E-state index contributed by atoms with van der Waals surface area (Å²) in [7, 11) is -2.79. The highest BCUT2D eigenvalue weighted by Crippen LogP contribution is 2.58. The molecule has 1 saturated heterocycles. The molecule has 2 aliphatic heterocycles. The molecule has 340 valence electrons. The van der Waals surface area contributed by atoms with E-state index in [1.807, 2.05) is 4.72 Å². The number of sulfonamides is 1.